The quantitative estimate of drug-likeness (QED) is 0.258. The molecule has 1 atom stereocenters. The van der Waals surface area contributed by atoms with Crippen LogP contribution in [0.25, 0.3) is 0 Å². The predicted octanol–water partition coefficient (Wildman–Crippen LogP) is 5.02. The fourth-order valence-corrected chi connectivity index (χ4v) is 6.33. The smallest absolute Gasteiger partial charge is 0.337 e. The molecule has 2 heterocycles. The van der Waals surface area contributed by atoms with Gasteiger partial charge in [-0.3, -0.25) is 14.7 Å². The Bertz CT molecular complexity index is 1290. The molecule has 2 aliphatic rings. The minimum Gasteiger partial charge on any atom is -0.465 e. The van der Waals surface area contributed by atoms with Crippen LogP contribution in [0.5, 0.6) is 0 Å². The molecule has 3 aromatic rings. The molecule has 1 aliphatic carbocycles. The van der Waals surface area contributed by atoms with Crippen molar-refractivity contribution < 1.29 is 14.3 Å². The van der Waals surface area contributed by atoms with E-state index in [1.807, 2.05) is 36.5 Å². The number of hydrogen-bond donors (Lipinski definition) is 3. The monoisotopic (exact) mass is 583 g/mol. The molecular weight excluding hydrogens is 538 g/mol. The molecule has 0 bridgehead atoms. The zero-order chi connectivity index (χ0) is 29.9. The van der Waals surface area contributed by atoms with Crippen LogP contribution in [-0.4, -0.2) is 60.6 Å². The second kappa shape index (κ2) is 15.8. The molecule has 1 saturated heterocycles. The number of aromatic nitrogens is 1. The van der Waals surface area contributed by atoms with Crippen molar-refractivity contribution in [2.45, 2.75) is 76.2 Å². The topological polar surface area (TPSA) is 95.6 Å². The molecular formula is C35H45N5O3. The second-order valence-corrected chi connectivity index (χ2v) is 11.8. The van der Waals surface area contributed by atoms with Crippen LogP contribution in [0.15, 0.2) is 72.9 Å². The molecule has 43 heavy (non-hydrogen) atoms. The van der Waals surface area contributed by atoms with Gasteiger partial charge >= 0.3 is 5.97 Å². The number of rotatable bonds is 12. The minimum atomic E-state index is -0.325. The lowest BCUT2D eigenvalue weighted by molar-refractivity contribution is 0.0600. The Labute approximate surface area is 255 Å². The maximum Gasteiger partial charge on any atom is 0.337 e. The Balaban J connectivity index is 1.30. The fourth-order valence-electron chi connectivity index (χ4n) is 6.33. The van der Waals surface area contributed by atoms with Gasteiger partial charge in [-0.15, -0.1) is 0 Å². The summed E-state index contributed by atoms with van der Waals surface area (Å²) in [6.45, 7) is 4.21. The highest BCUT2D eigenvalue weighted by Gasteiger charge is 2.29. The largest absolute Gasteiger partial charge is 0.465 e. The molecule has 1 saturated carbocycles. The molecule has 8 nitrogen and oxygen atoms in total. The molecule has 228 valence electrons. The molecule has 8 heteroatoms. The van der Waals surface area contributed by atoms with Crippen LogP contribution in [0.1, 0.15) is 88.5 Å². The third-order valence-corrected chi connectivity index (χ3v) is 8.77. The Morgan fingerprint density at radius 2 is 1.65 bits per heavy atom. The predicted molar refractivity (Wildman–Crippen MR) is 169 cm³/mol. The van der Waals surface area contributed by atoms with Crippen LogP contribution < -0.4 is 16.0 Å². The third kappa shape index (κ3) is 8.72. The zero-order valence-corrected chi connectivity index (χ0v) is 25.3. The van der Waals surface area contributed by atoms with E-state index in [4.69, 9.17) is 4.74 Å². The number of nitrogens with one attached hydrogen (secondary N) is 3. The average molecular weight is 584 g/mol. The van der Waals surface area contributed by atoms with E-state index in [-0.39, 0.29) is 24.0 Å². The van der Waals surface area contributed by atoms with Gasteiger partial charge in [0.15, 0.2) is 0 Å². The van der Waals surface area contributed by atoms with Gasteiger partial charge < -0.3 is 20.7 Å². The summed E-state index contributed by atoms with van der Waals surface area (Å²) in [5, 5.41) is 10.4. The summed E-state index contributed by atoms with van der Waals surface area (Å²) in [5.41, 5.74) is 4.52. The Morgan fingerprint density at radius 3 is 2.33 bits per heavy atom. The lowest BCUT2D eigenvalue weighted by Gasteiger charge is -2.40. The third-order valence-electron chi connectivity index (χ3n) is 8.77. The van der Waals surface area contributed by atoms with Crippen molar-refractivity contribution >= 4 is 11.9 Å². The van der Waals surface area contributed by atoms with Crippen molar-refractivity contribution in [2.24, 2.45) is 0 Å². The van der Waals surface area contributed by atoms with E-state index in [1.54, 1.807) is 0 Å². The van der Waals surface area contributed by atoms with Crippen molar-refractivity contribution in [3.8, 4) is 0 Å². The summed E-state index contributed by atoms with van der Waals surface area (Å²) >= 11 is 0. The van der Waals surface area contributed by atoms with E-state index in [9.17, 15) is 9.59 Å². The van der Waals surface area contributed by atoms with Gasteiger partial charge in [-0.1, -0.05) is 67.8 Å². The second-order valence-electron chi connectivity index (χ2n) is 11.8. The number of pyridine rings is 1. The molecule has 3 N–H and O–H groups in total. The van der Waals surface area contributed by atoms with E-state index >= 15 is 0 Å². The number of carbonyl (C=O) groups is 2. The molecule has 0 spiro atoms. The van der Waals surface area contributed by atoms with Gasteiger partial charge in [-0.05, 0) is 73.7 Å². The van der Waals surface area contributed by atoms with E-state index in [0.717, 1.165) is 63.0 Å². The van der Waals surface area contributed by atoms with Crippen LogP contribution in [0.3, 0.4) is 0 Å². The normalized spacial score (nSPS) is 17.0. The number of carbonyl (C=O) groups excluding carboxylic acids is 2. The molecule has 1 aromatic heterocycles. The number of esters is 1. The van der Waals surface area contributed by atoms with Gasteiger partial charge in [0.2, 0.25) is 0 Å². The van der Waals surface area contributed by atoms with Gasteiger partial charge in [0.1, 0.15) is 5.69 Å². The standard InChI is InChI=1S/C35H45N5O3/c1-43-35(42)29-15-12-26(13-16-29)22-37-24-33(28-8-4-2-5-9-28)40(31-18-20-36-21-19-31)25-27-14-17-32(38-23-27)34(41)39-30-10-6-3-7-11-30/h2,4-5,8-9,12-17,23,30-31,33,36-37H,3,6-7,10-11,18-22,24-25H2,1H3,(H,39,41)/t33-/m0/s1. The zero-order valence-electron chi connectivity index (χ0n) is 25.3. The maximum absolute atomic E-state index is 12.9. The van der Waals surface area contributed by atoms with E-state index < -0.39 is 0 Å². The first kappa shape index (κ1) is 30.9. The first-order valence-electron chi connectivity index (χ1n) is 15.8. The number of methoxy groups -OCH3 is 1. The van der Waals surface area contributed by atoms with Crippen LogP contribution >= 0.6 is 0 Å². The highest BCUT2D eigenvalue weighted by atomic mass is 16.5. The summed E-state index contributed by atoms with van der Waals surface area (Å²) in [6.07, 6.45) is 9.78. The van der Waals surface area contributed by atoms with Crippen molar-refractivity contribution in [2.75, 3.05) is 26.7 Å². The Hall–Kier alpha value is -3.59. The van der Waals surface area contributed by atoms with Crippen LogP contribution in [0, 0.1) is 0 Å². The number of ether oxygens (including phenoxy) is 1. The first-order valence-corrected chi connectivity index (χ1v) is 15.8. The fraction of sp³-hybridized carbons (Fsp3) is 0.457. The van der Waals surface area contributed by atoms with Crippen molar-refractivity contribution in [1.82, 2.24) is 25.8 Å². The Morgan fingerprint density at radius 1 is 0.930 bits per heavy atom. The summed E-state index contributed by atoms with van der Waals surface area (Å²) in [6, 6.07) is 23.0. The van der Waals surface area contributed by atoms with Crippen LogP contribution in [0.4, 0.5) is 0 Å². The number of hydrogen-bond acceptors (Lipinski definition) is 7. The van der Waals surface area contributed by atoms with E-state index in [2.05, 4.69) is 62.2 Å². The van der Waals surface area contributed by atoms with E-state index in [1.165, 1.54) is 31.9 Å². The average Bonchev–Trinajstić information content (AvgIpc) is 3.07. The highest BCUT2D eigenvalue weighted by Crippen LogP contribution is 2.28. The van der Waals surface area contributed by atoms with Gasteiger partial charge in [0, 0.05) is 44.0 Å². The summed E-state index contributed by atoms with van der Waals surface area (Å²) in [5.74, 6) is -0.395. The number of amides is 1. The molecule has 0 radical (unpaired) electrons. The van der Waals surface area contributed by atoms with Crippen molar-refractivity contribution in [3.05, 3.63) is 101 Å². The van der Waals surface area contributed by atoms with E-state index in [0.29, 0.717) is 23.8 Å². The molecule has 2 aromatic carbocycles. The lowest BCUT2D eigenvalue weighted by atomic mass is 9.95. The molecule has 2 fully saturated rings. The molecule has 1 aliphatic heterocycles. The summed E-state index contributed by atoms with van der Waals surface area (Å²) < 4.78 is 4.83. The van der Waals surface area contributed by atoms with Crippen LogP contribution in [-0.2, 0) is 17.8 Å². The molecule has 5 rings (SSSR count). The number of nitrogens with zero attached hydrogens (tertiary/aromatic N) is 2. The molecule has 1 amide bonds. The SMILES string of the molecule is COC(=O)c1ccc(CNC[C@@H](c2ccccc2)N(Cc2ccc(C(=O)NC3CCCCC3)nc2)C2CCNCC2)cc1. The lowest BCUT2D eigenvalue weighted by Crippen LogP contribution is -2.46. The summed E-state index contributed by atoms with van der Waals surface area (Å²) in [4.78, 5) is 31.9. The van der Waals surface area contributed by atoms with Gasteiger partial charge in [-0.25, -0.2) is 4.79 Å². The van der Waals surface area contributed by atoms with Crippen molar-refractivity contribution in [1.29, 1.82) is 0 Å². The van der Waals surface area contributed by atoms with Gasteiger partial charge in [0.25, 0.3) is 5.91 Å². The number of piperidine rings is 1. The minimum absolute atomic E-state index is 0.0698. The van der Waals surface area contributed by atoms with Crippen molar-refractivity contribution in [3.63, 3.8) is 0 Å². The number of benzene rings is 2. The van der Waals surface area contributed by atoms with Crippen LogP contribution in [0.2, 0.25) is 0 Å². The van der Waals surface area contributed by atoms with Gasteiger partial charge in [-0.2, -0.15) is 0 Å². The highest BCUT2D eigenvalue weighted by molar-refractivity contribution is 5.92. The van der Waals surface area contributed by atoms with Gasteiger partial charge in [0.05, 0.1) is 12.7 Å². The molecule has 0 unspecified atom stereocenters. The first-order chi connectivity index (χ1) is 21.1. The summed E-state index contributed by atoms with van der Waals surface area (Å²) in [7, 11) is 1.40. The Kier molecular flexibility index (Phi) is 11.3. The maximum atomic E-state index is 12.9.